The third-order valence-corrected chi connectivity index (χ3v) is 7.51. The largest absolute Gasteiger partial charge is 0.463 e. The first-order valence-corrected chi connectivity index (χ1v) is 13.6. The molecule has 0 aromatic heterocycles. The summed E-state index contributed by atoms with van der Waals surface area (Å²) in [5, 5.41) is 3.00. The van der Waals surface area contributed by atoms with E-state index in [1.807, 2.05) is 60.4 Å². The minimum atomic E-state index is -0.610. The van der Waals surface area contributed by atoms with Crippen LogP contribution in [0.4, 0.5) is 4.79 Å². The number of rotatable bonds is 6. The van der Waals surface area contributed by atoms with Crippen LogP contribution in [0.15, 0.2) is 59.8 Å². The quantitative estimate of drug-likeness (QED) is 0.562. The van der Waals surface area contributed by atoms with Crippen LogP contribution in [0.5, 0.6) is 0 Å². The van der Waals surface area contributed by atoms with Crippen LogP contribution in [0.3, 0.4) is 0 Å². The molecule has 2 aromatic rings. The lowest BCUT2D eigenvalue weighted by Gasteiger charge is -2.39. The molecule has 1 fully saturated rings. The van der Waals surface area contributed by atoms with E-state index in [2.05, 4.69) is 31.0 Å². The molecule has 0 spiro atoms. The molecular formula is C31H40N4O4. The van der Waals surface area contributed by atoms with Crippen molar-refractivity contribution in [3.05, 3.63) is 82.1 Å². The molecule has 0 aliphatic carbocycles. The van der Waals surface area contributed by atoms with Gasteiger partial charge in [-0.1, -0.05) is 62.7 Å². The molecule has 0 bridgehead atoms. The van der Waals surface area contributed by atoms with Gasteiger partial charge < -0.3 is 15.0 Å². The minimum Gasteiger partial charge on any atom is -0.463 e. The van der Waals surface area contributed by atoms with E-state index >= 15 is 0 Å². The second-order valence-electron chi connectivity index (χ2n) is 11.3. The molecule has 8 heteroatoms. The Labute approximate surface area is 231 Å². The normalized spacial score (nSPS) is 18.7. The lowest BCUT2D eigenvalue weighted by atomic mass is 9.85. The molecule has 0 radical (unpaired) electrons. The fourth-order valence-electron chi connectivity index (χ4n) is 5.02. The standard InChI is InChI=1S/C31H40N4O4/c1-7-39-29(37)26-25(20-34-16-18-35(19-17-34)28(36)23-10-8-21(2)9-11-23)33(6)30(38)32-27(26)22-12-14-24(15-13-22)31(3,4)5/h8-15,27H,7,16-20H2,1-6H3,(H,32,38)/t27-/m0/s1. The molecule has 208 valence electrons. The number of aryl methyl sites for hydroxylation is 1. The third-order valence-electron chi connectivity index (χ3n) is 7.51. The van der Waals surface area contributed by atoms with Crippen molar-refractivity contribution < 1.29 is 19.1 Å². The van der Waals surface area contributed by atoms with Crippen molar-refractivity contribution in [3.8, 4) is 0 Å². The van der Waals surface area contributed by atoms with Gasteiger partial charge in [0.25, 0.3) is 5.91 Å². The highest BCUT2D eigenvalue weighted by Crippen LogP contribution is 2.33. The van der Waals surface area contributed by atoms with Crippen LogP contribution < -0.4 is 5.32 Å². The van der Waals surface area contributed by atoms with Crippen LogP contribution in [-0.4, -0.2) is 79.0 Å². The van der Waals surface area contributed by atoms with Gasteiger partial charge in [-0.2, -0.15) is 0 Å². The first-order valence-electron chi connectivity index (χ1n) is 13.6. The van der Waals surface area contributed by atoms with Crippen LogP contribution in [0.2, 0.25) is 0 Å². The average molecular weight is 533 g/mol. The van der Waals surface area contributed by atoms with Crippen molar-refractivity contribution in [3.63, 3.8) is 0 Å². The zero-order chi connectivity index (χ0) is 28.3. The Bertz CT molecular complexity index is 1240. The van der Waals surface area contributed by atoms with Gasteiger partial charge in [-0.05, 0) is 42.5 Å². The highest BCUT2D eigenvalue weighted by molar-refractivity contribution is 5.95. The lowest BCUT2D eigenvalue weighted by Crippen LogP contribution is -2.53. The fourth-order valence-corrected chi connectivity index (χ4v) is 5.02. The van der Waals surface area contributed by atoms with Crippen molar-refractivity contribution in [1.29, 1.82) is 0 Å². The van der Waals surface area contributed by atoms with E-state index < -0.39 is 12.0 Å². The molecular weight excluding hydrogens is 492 g/mol. The van der Waals surface area contributed by atoms with Gasteiger partial charge in [-0.25, -0.2) is 9.59 Å². The molecule has 0 saturated carbocycles. The molecule has 1 saturated heterocycles. The number of benzene rings is 2. The molecule has 4 rings (SSSR count). The summed E-state index contributed by atoms with van der Waals surface area (Å²) in [6, 6.07) is 14.8. The summed E-state index contributed by atoms with van der Waals surface area (Å²) in [5.41, 5.74) is 4.86. The molecule has 1 N–H and O–H groups in total. The van der Waals surface area contributed by atoms with Gasteiger partial charge in [0, 0.05) is 51.0 Å². The van der Waals surface area contributed by atoms with Crippen LogP contribution in [0.1, 0.15) is 60.8 Å². The minimum absolute atomic E-state index is 0.0114. The maximum Gasteiger partial charge on any atom is 0.338 e. The topological polar surface area (TPSA) is 82.2 Å². The molecule has 1 atom stereocenters. The van der Waals surface area contributed by atoms with Crippen molar-refractivity contribution in [2.45, 2.75) is 46.1 Å². The van der Waals surface area contributed by atoms with Gasteiger partial charge in [-0.15, -0.1) is 0 Å². The first kappa shape index (κ1) is 28.4. The smallest absolute Gasteiger partial charge is 0.338 e. The van der Waals surface area contributed by atoms with Crippen LogP contribution in [0.25, 0.3) is 0 Å². The zero-order valence-electron chi connectivity index (χ0n) is 23.9. The number of nitrogens with zero attached hydrogens (tertiary/aromatic N) is 3. The highest BCUT2D eigenvalue weighted by atomic mass is 16.5. The number of nitrogens with one attached hydrogen (secondary N) is 1. The van der Waals surface area contributed by atoms with Crippen LogP contribution in [0, 0.1) is 6.92 Å². The van der Waals surface area contributed by atoms with Gasteiger partial charge in [0.2, 0.25) is 0 Å². The Morgan fingerprint density at radius 3 is 2.15 bits per heavy atom. The molecule has 2 aliphatic rings. The van der Waals surface area contributed by atoms with E-state index in [9.17, 15) is 14.4 Å². The monoisotopic (exact) mass is 532 g/mol. The van der Waals surface area contributed by atoms with Gasteiger partial charge in [-0.3, -0.25) is 14.6 Å². The van der Waals surface area contributed by atoms with Crippen molar-refractivity contribution in [1.82, 2.24) is 20.0 Å². The SMILES string of the molecule is CCOC(=O)C1=C(CN2CCN(C(=O)c3ccc(C)cc3)CC2)N(C)C(=O)N[C@H]1c1ccc(C(C)(C)C)cc1. The molecule has 3 amide bonds. The maximum atomic E-state index is 13.3. The molecule has 2 heterocycles. The number of hydrogen-bond acceptors (Lipinski definition) is 5. The Kier molecular flexibility index (Phi) is 8.45. The molecule has 39 heavy (non-hydrogen) atoms. The van der Waals surface area contributed by atoms with Crippen molar-refractivity contribution in [2.24, 2.45) is 0 Å². The summed E-state index contributed by atoms with van der Waals surface area (Å²) in [5.74, 6) is -0.411. The van der Waals surface area contributed by atoms with E-state index in [0.717, 1.165) is 11.1 Å². The van der Waals surface area contributed by atoms with Crippen molar-refractivity contribution in [2.75, 3.05) is 46.4 Å². The summed E-state index contributed by atoms with van der Waals surface area (Å²) in [4.78, 5) is 44.9. The van der Waals surface area contributed by atoms with E-state index in [4.69, 9.17) is 4.74 Å². The molecule has 0 unspecified atom stereocenters. The van der Waals surface area contributed by atoms with Crippen LogP contribution in [-0.2, 0) is 14.9 Å². The number of carbonyl (C=O) groups is 3. The average Bonchev–Trinajstić information content (AvgIpc) is 2.91. The predicted molar refractivity (Wildman–Crippen MR) is 151 cm³/mol. The molecule has 2 aromatic carbocycles. The van der Waals surface area contributed by atoms with Crippen molar-refractivity contribution >= 4 is 17.9 Å². The third kappa shape index (κ3) is 6.33. The predicted octanol–water partition coefficient (Wildman–Crippen LogP) is 4.26. The van der Waals surface area contributed by atoms with E-state index in [1.165, 1.54) is 10.5 Å². The van der Waals surface area contributed by atoms with Crippen LogP contribution >= 0.6 is 0 Å². The van der Waals surface area contributed by atoms with E-state index in [0.29, 0.717) is 49.6 Å². The number of likely N-dealkylation sites (N-methyl/N-ethyl adjacent to an activating group) is 1. The van der Waals surface area contributed by atoms with E-state index in [-0.39, 0.29) is 24.0 Å². The summed E-state index contributed by atoms with van der Waals surface area (Å²) < 4.78 is 5.47. The number of ether oxygens (including phenoxy) is 1. The van der Waals surface area contributed by atoms with Gasteiger partial charge in [0.05, 0.1) is 18.2 Å². The molecule has 8 nitrogen and oxygen atoms in total. The summed E-state index contributed by atoms with van der Waals surface area (Å²) >= 11 is 0. The summed E-state index contributed by atoms with van der Waals surface area (Å²) in [6.45, 7) is 13.3. The van der Waals surface area contributed by atoms with Gasteiger partial charge in [0.1, 0.15) is 0 Å². The van der Waals surface area contributed by atoms with Gasteiger partial charge >= 0.3 is 12.0 Å². The molecule has 2 aliphatic heterocycles. The number of amides is 3. The number of piperazine rings is 1. The Balaban J connectivity index is 1.57. The maximum absolute atomic E-state index is 13.3. The number of esters is 1. The van der Waals surface area contributed by atoms with Gasteiger partial charge in [0.15, 0.2) is 0 Å². The number of carbonyl (C=O) groups excluding carboxylic acids is 3. The second-order valence-corrected chi connectivity index (χ2v) is 11.3. The second kappa shape index (κ2) is 11.6. The fraction of sp³-hybridized carbons (Fsp3) is 0.452. The Morgan fingerprint density at radius 1 is 0.974 bits per heavy atom. The van der Waals surface area contributed by atoms with E-state index in [1.54, 1.807) is 14.0 Å². The lowest BCUT2D eigenvalue weighted by molar-refractivity contribution is -0.139. The highest BCUT2D eigenvalue weighted by Gasteiger charge is 2.38. The Hall–Kier alpha value is -3.65. The Morgan fingerprint density at radius 2 is 1.59 bits per heavy atom. The number of urea groups is 1. The number of hydrogen-bond donors (Lipinski definition) is 1. The summed E-state index contributed by atoms with van der Waals surface area (Å²) in [7, 11) is 1.68. The summed E-state index contributed by atoms with van der Waals surface area (Å²) in [6.07, 6.45) is 0. The zero-order valence-corrected chi connectivity index (χ0v) is 23.9. The first-order chi connectivity index (χ1) is 18.5.